The van der Waals surface area contributed by atoms with Crippen LogP contribution in [0.25, 0.3) is 11.0 Å². The number of amides is 1. The molecule has 1 atom stereocenters. The van der Waals surface area contributed by atoms with Gasteiger partial charge in [0.1, 0.15) is 5.69 Å². The number of nitrogens with zero attached hydrogens (tertiary/aromatic N) is 2. The Morgan fingerprint density at radius 3 is 2.70 bits per heavy atom. The van der Waals surface area contributed by atoms with E-state index in [2.05, 4.69) is 15.3 Å². The molecule has 1 heterocycles. The lowest BCUT2D eigenvalue weighted by atomic mass is 10.1. The summed E-state index contributed by atoms with van der Waals surface area (Å²) in [6.45, 7) is 4.28. The summed E-state index contributed by atoms with van der Waals surface area (Å²) < 4.78 is 0. The van der Waals surface area contributed by atoms with Gasteiger partial charge >= 0.3 is 0 Å². The van der Waals surface area contributed by atoms with E-state index in [9.17, 15) is 9.90 Å². The molecule has 0 aliphatic heterocycles. The Kier molecular flexibility index (Phi) is 4.63. The molecule has 20 heavy (non-hydrogen) atoms. The maximum Gasteiger partial charge on any atom is 0.271 e. The molecule has 0 bridgehead atoms. The molecule has 1 unspecified atom stereocenters. The van der Waals surface area contributed by atoms with Crippen LogP contribution in [0, 0.1) is 5.92 Å². The van der Waals surface area contributed by atoms with Gasteiger partial charge in [-0.25, -0.2) is 4.98 Å². The fourth-order valence-corrected chi connectivity index (χ4v) is 2.00. The quantitative estimate of drug-likeness (QED) is 0.870. The molecule has 5 heteroatoms. The van der Waals surface area contributed by atoms with Crippen LogP contribution in [0.15, 0.2) is 30.5 Å². The molecule has 106 valence electrons. The standard InChI is InChI=1S/C15H19N3O2/c1-10(2)7-11(19)8-17-15(20)14-9-16-12-5-3-4-6-13(12)18-14/h3-6,9-11,19H,7-8H2,1-2H3,(H,17,20). The summed E-state index contributed by atoms with van der Waals surface area (Å²) >= 11 is 0. The van der Waals surface area contributed by atoms with E-state index >= 15 is 0 Å². The second-order valence-electron chi connectivity index (χ2n) is 5.24. The number of para-hydroxylation sites is 2. The lowest BCUT2D eigenvalue weighted by molar-refractivity contribution is 0.0895. The summed E-state index contributed by atoms with van der Waals surface area (Å²) in [7, 11) is 0. The highest BCUT2D eigenvalue weighted by Crippen LogP contribution is 2.08. The first kappa shape index (κ1) is 14.4. The molecule has 0 fully saturated rings. The van der Waals surface area contributed by atoms with Crippen molar-refractivity contribution in [1.82, 2.24) is 15.3 Å². The number of carbonyl (C=O) groups is 1. The van der Waals surface area contributed by atoms with Crippen LogP contribution in [0.1, 0.15) is 30.8 Å². The summed E-state index contributed by atoms with van der Waals surface area (Å²) in [4.78, 5) is 20.4. The van der Waals surface area contributed by atoms with Crippen molar-refractivity contribution in [2.45, 2.75) is 26.4 Å². The number of aliphatic hydroxyl groups is 1. The molecular formula is C15H19N3O2. The Bertz CT molecular complexity index is 598. The second-order valence-corrected chi connectivity index (χ2v) is 5.24. The first-order valence-electron chi connectivity index (χ1n) is 6.74. The third-order valence-corrected chi connectivity index (χ3v) is 2.92. The van der Waals surface area contributed by atoms with Crippen LogP contribution < -0.4 is 5.32 Å². The summed E-state index contributed by atoms with van der Waals surface area (Å²) in [5.74, 6) is 0.0772. The fraction of sp³-hybridized carbons (Fsp3) is 0.400. The zero-order valence-electron chi connectivity index (χ0n) is 11.7. The van der Waals surface area contributed by atoms with Crippen LogP contribution in [0.3, 0.4) is 0 Å². The van der Waals surface area contributed by atoms with Gasteiger partial charge in [-0.1, -0.05) is 26.0 Å². The largest absolute Gasteiger partial charge is 0.391 e. The van der Waals surface area contributed by atoms with Gasteiger partial charge in [-0.15, -0.1) is 0 Å². The number of hydrogen-bond donors (Lipinski definition) is 2. The zero-order valence-corrected chi connectivity index (χ0v) is 11.7. The Balaban J connectivity index is 2.00. The third kappa shape index (κ3) is 3.74. The molecule has 0 saturated heterocycles. The van der Waals surface area contributed by atoms with Crippen molar-refractivity contribution in [1.29, 1.82) is 0 Å². The van der Waals surface area contributed by atoms with Crippen molar-refractivity contribution in [3.05, 3.63) is 36.2 Å². The molecule has 1 amide bonds. The van der Waals surface area contributed by atoms with Crippen molar-refractivity contribution >= 4 is 16.9 Å². The SMILES string of the molecule is CC(C)CC(O)CNC(=O)c1cnc2ccccc2n1. The number of fused-ring (bicyclic) bond motifs is 1. The van der Waals surface area contributed by atoms with Gasteiger partial charge in [0, 0.05) is 6.54 Å². The molecule has 1 aromatic carbocycles. The minimum absolute atomic E-state index is 0.228. The molecule has 2 N–H and O–H groups in total. The number of rotatable bonds is 5. The lowest BCUT2D eigenvalue weighted by Crippen LogP contribution is -2.33. The monoisotopic (exact) mass is 273 g/mol. The van der Waals surface area contributed by atoms with Gasteiger partial charge in [-0.3, -0.25) is 9.78 Å². The topological polar surface area (TPSA) is 75.1 Å². The van der Waals surface area contributed by atoms with Crippen molar-refractivity contribution in [2.75, 3.05) is 6.54 Å². The van der Waals surface area contributed by atoms with Crippen molar-refractivity contribution in [3.8, 4) is 0 Å². The van der Waals surface area contributed by atoms with Gasteiger partial charge in [0.05, 0.1) is 23.3 Å². The summed E-state index contributed by atoms with van der Waals surface area (Å²) in [5.41, 5.74) is 1.70. The van der Waals surface area contributed by atoms with Crippen molar-refractivity contribution in [2.24, 2.45) is 5.92 Å². The molecule has 0 spiro atoms. The fourth-order valence-electron chi connectivity index (χ4n) is 2.00. The number of aromatic nitrogens is 2. The zero-order chi connectivity index (χ0) is 14.5. The molecule has 2 rings (SSSR count). The molecule has 0 aliphatic carbocycles. The Morgan fingerprint density at radius 2 is 2.00 bits per heavy atom. The van der Waals surface area contributed by atoms with Crippen LogP contribution in [0.2, 0.25) is 0 Å². The van der Waals surface area contributed by atoms with E-state index in [1.54, 1.807) is 0 Å². The predicted molar refractivity (Wildman–Crippen MR) is 77.3 cm³/mol. The molecule has 5 nitrogen and oxygen atoms in total. The van der Waals surface area contributed by atoms with E-state index < -0.39 is 6.10 Å². The minimum atomic E-state index is -0.535. The van der Waals surface area contributed by atoms with Gasteiger partial charge < -0.3 is 10.4 Å². The second kappa shape index (κ2) is 6.43. The highest BCUT2D eigenvalue weighted by Gasteiger charge is 2.12. The van der Waals surface area contributed by atoms with E-state index in [4.69, 9.17) is 0 Å². The van der Waals surface area contributed by atoms with E-state index in [0.717, 1.165) is 5.52 Å². The summed E-state index contributed by atoms with van der Waals surface area (Å²) in [6.07, 6.45) is 1.57. The van der Waals surface area contributed by atoms with Crippen LogP contribution in [-0.2, 0) is 0 Å². The van der Waals surface area contributed by atoms with E-state index in [1.807, 2.05) is 38.1 Å². The maximum absolute atomic E-state index is 12.0. The van der Waals surface area contributed by atoms with Gasteiger partial charge in [0.15, 0.2) is 0 Å². The highest BCUT2D eigenvalue weighted by atomic mass is 16.3. The molecule has 0 aliphatic rings. The number of nitrogens with one attached hydrogen (secondary N) is 1. The smallest absolute Gasteiger partial charge is 0.271 e. The maximum atomic E-state index is 12.0. The van der Waals surface area contributed by atoms with E-state index in [1.165, 1.54) is 6.20 Å². The lowest BCUT2D eigenvalue weighted by Gasteiger charge is -2.13. The van der Waals surface area contributed by atoms with E-state index in [-0.39, 0.29) is 18.1 Å². The minimum Gasteiger partial charge on any atom is -0.391 e. The number of benzene rings is 1. The van der Waals surface area contributed by atoms with Crippen LogP contribution >= 0.6 is 0 Å². The number of carbonyl (C=O) groups excluding carboxylic acids is 1. The normalized spacial score (nSPS) is 12.6. The Morgan fingerprint density at radius 1 is 1.30 bits per heavy atom. The van der Waals surface area contributed by atoms with E-state index in [0.29, 0.717) is 17.9 Å². The average Bonchev–Trinajstić information content (AvgIpc) is 2.43. The van der Waals surface area contributed by atoms with Crippen molar-refractivity contribution in [3.63, 3.8) is 0 Å². The molecule has 0 saturated carbocycles. The molecule has 2 aromatic rings. The van der Waals surface area contributed by atoms with Crippen LogP contribution in [0.4, 0.5) is 0 Å². The van der Waals surface area contributed by atoms with Gasteiger partial charge in [-0.05, 0) is 24.5 Å². The van der Waals surface area contributed by atoms with Gasteiger partial charge in [-0.2, -0.15) is 0 Å². The molecule has 0 radical (unpaired) electrons. The summed E-state index contributed by atoms with van der Waals surface area (Å²) in [6, 6.07) is 7.38. The Labute approximate surface area is 118 Å². The number of aliphatic hydroxyl groups excluding tert-OH is 1. The van der Waals surface area contributed by atoms with Crippen LogP contribution in [0.5, 0.6) is 0 Å². The molecular weight excluding hydrogens is 254 g/mol. The average molecular weight is 273 g/mol. The predicted octanol–water partition coefficient (Wildman–Crippen LogP) is 1.77. The first-order valence-corrected chi connectivity index (χ1v) is 6.74. The van der Waals surface area contributed by atoms with Crippen LogP contribution in [-0.4, -0.2) is 33.6 Å². The highest BCUT2D eigenvalue weighted by molar-refractivity contribution is 5.93. The van der Waals surface area contributed by atoms with Crippen molar-refractivity contribution < 1.29 is 9.90 Å². The van der Waals surface area contributed by atoms with Gasteiger partial charge in [0.25, 0.3) is 5.91 Å². The Hall–Kier alpha value is -2.01. The number of hydrogen-bond acceptors (Lipinski definition) is 4. The summed E-state index contributed by atoms with van der Waals surface area (Å²) in [5, 5.41) is 12.4. The first-order chi connectivity index (χ1) is 9.56. The van der Waals surface area contributed by atoms with Gasteiger partial charge in [0.2, 0.25) is 0 Å². The molecule has 1 aromatic heterocycles. The third-order valence-electron chi connectivity index (χ3n) is 2.92.